The van der Waals surface area contributed by atoms with Gasteiger partial charge in [-0.2, -0.15) is 18.2 Å². The predicted octanol–water partition coefficient (Wildman–Crippen LogP) is -0.472. The predicted molar refractivity (Wildman–Crippen MR) is 41.3 cm³/mol. The fourth-order valence-electron chi connectivity index (χ4n) is 0.503. The molecule has 0 unspecified atom stereocenters. The SMILES string of the molecule is CC.N#Cc1ccc[c-]c1F.[K+]. The molecule has 0 saturated carbocycles. The van der Waals surface area contributed by atoms with Gasteiger partial charge in [0.05, 0.1) is 0 Å². The second-order valence-electron chi connectivity index (χ2n) is 1.51. The number of nitrogens with zero attached hydrogens (tertiary/aromatic N) is 1. The summed E-state index contributed by atoms with van der Waals surface area (Å²) < 4.78 is 12.3. The molecule has 12 heavy (non-hydrogen) atoms. The number of nitriles is 1. The molecule has 0 N–H and O–H groups in total. The Kier molecular flexibility index (Phi) is 11.5. The van der Waals surface area contributed by atoms with Gasteiger partial charge in [-0.25, -0.2) is 9.65 Å². The number of halogens is 1. The average molecular weight is 189 g/mol. The molecule has 0 bridgehead atoms. The summed E-state index contributed by atoms with van der Waals surface area (Å²) in [7, 11) is 0. The van der Waals surface area contributed by atoms with Crippen molar-refractivity contribution in [3.05, 3.63) is 35.6 Å². The first-order valence-electron chi connectivity index (χ1n) is 3.41. The molecule has 1 rings (SSSR count). The Labute approximate surface area is 115 Å². The first-order chi connectivity index (χ1) is 5.34. The van der Waals surface area contributed by atoms with Crippen LogP contribution in [0.2, 0.25) is 0 Å². The van der Waals surface area contributed by atoms with Gasteiger partial charge >= 0.3 is 51.4 Å². The third-order valence-electron chi connectivity index (χ3n) is 0.926. The van der Waals surface area contributed by atoms with Crippen LogP contribution in [0.15, 0.2) is 18.2 Å². The number of benzene rings is 1. The molecule has 0 saturated heterocycles. The van der Waals surface area contributed by atoms with E-state index in [2.05, 4.69) is 6.07 Å². The van der Waals surface area contributed by atoms with Gasteiger partial charge in [0.1, 0.15) is 0 Å². The Bertz CT molecular complexity index is 255. The molecule has 0 aliphatic carbocycles. The van der Waals surface area contributed by atoms with E-state index in [9.17, 15) is 4.39 Å². The quantitative estimate of drug-likeness (QED) is 0.400. The zero-order chi connectivity index (χ0) is 8.69. The van der Waals surface area contributed by atoms with Crippen LogP contribution < -0.4 is 51.4 Å². The summed E-state index contributed by atoms with van der Waals surface area (Å²) in [4.78, 5) is 0. The summed E-state index contributed by atoms with van der Waals surface area (Å²) in [6.45, 7) is 4.00. The molecule has 0 aliphatic heterocycles. The normalized spacial score (nSPS) is 6.83. The van der Waals surface area contributed by atoms with Crippen LogP contribution >= 0.6 is 0 Å². The summed E-state index contributed by atoms with van der Waals surface area (Å²) in [6.07, 6.45) is 0. The molecule has 0 heterocycles. The largest absolute Gasteiger partial charge is 1.00 e. The van der Waals surface area contributed by atoms with Crippen LogP contribution in [-0.2, 0) is 0 Å². The van der Waals surface area contributed by atoms with Crippen LogP contribution in [0.25, 0.3) is 0 Å². The molecule has 1 aromatic rings. The van der Waals surface area contributed by atoms with E-state index >= 15 is 0 Å². The molecule has 0 radical (unpaired) electrons. The first-order valence-corrected chi connectivity index (χ1v) is 3.41. The molecule has 1 nitrogen and oxygen atoms in total. The monoisotopic (exact) mass is 189 g/mol. The molecule has 0 fully saturated rings. The van der Waals surface area contributed by atoms with Crippen molar-refractivity contribution in [2.24, 2.45) is 0 Å². The third kappa shape index (κ3) is 5.02. The second kappa shape index (κ2) is 9.37. The van der Waals surface area contributed by atoms with Crippen molar-refractivity contribution in [2.75, 3.05) is 0 Å². The van der Waals surface area contributed by atoms with E-state index in [0.717, 1.165) is 0 Å². The molecule has 3 heteroatoms. The minimum Gasteiger partial charge on any atom is -0.235 e. The molecule has 0 atom stereocenters. The molecule has 0 spiro atoms. The zero-order valence-electron chi connectivity index (χ0n) is 7.56. The van der Waals surface area contributed by atoms with Crippen molar-refractivity contribution >= 4 is 0 Å². The van der Waals surface area contributed by atoms with Crippen molar-refractivity contribution in [1.29, 1.82) is 5.26 Å². The van der Waals surface area contributed by atoms with Crippen LogP contribution in [0.1, 0.15) is 19.4 Å². The van der Waals surface area contributed by atoms with Gasteiger partial charge in [-0.05, 0) is 5.56 Å². The van der Waals surface area contributed by atoms with Crippen LogP contribution in [0.4, 0.5) is 4.39 Å². The average Bonchev–Trinajstić information content (AvgIpc) is 2.09. The van der Waals surface area contributed by atoms with E-state index in [4.69, 9.17) is 5.26 Å². The van der Waals surface area contributed by atoms with Crippen molar-refractivity contribution in [2.45, 2.75) is 13.8 Å². The van der Waals surface area contributed by atoms with Gasteiger partial charge in [-0.3, -0.25) is 0 Å². The molecule has 1 aromatic carbocycles. The fourth-order valence-corrected chi connectivity index (χ4v) is 0.503. The summed E-state index contributed by atoms with van der Waals surface area (Å²) in [5.41, 5.74) is 0.0394. The Hall–Kier alpha value is 0.276. The zero-order valence-corrected chi connectivity index (χ0v) is 10.7. The summed E-state index contributed by atoms with van der Waals surface area (Å²) in [5, 5.41) is 8.21. The van der Waals surface area contributed by atoms with Crippen LogP contribution in [0.3, 0.4) is 0 Å². The maximum absolute atomic E-state index is 12.3. The molecule has 0 aromatic heterocycles. The van der Waals surface area contributed by atoms with Gasteiger partial charge in [-0.1, -0.05) is 13.8 Å². The molecular weight excluding hydrogens is 180 g/mol. The maximum atomic E-state index is 12.3. The molecule has 58 valence electrons. The van der Waals surface area contributed by atoms with Crippen LogP contribution in [0.5, 0.6) is 0 Å². The summed E-state index contributed by atoms with van der Waals surface area (Å²) in [5.74, 6) is -0.583. The number of rotatable bonds is 0. The van der Waals surface area contributed by atoms with Crippen LogP contribution in [0, 0.1) is 23.2 Å². The van der Waals surface area contributed by atoms with Gasteiger partial charge in [0, 0.05) is 11.9 Å². The van der Waals surface area contributed by atoms with Gasteiger partial charge in [0.15, 0.2) is 0 Å². The minimum atomic E-state index is -0.583. The first kappa shape index (κ1) is 14.8. The number of hydrogen-bond acceptors (Lipinski definition) is 1. The maximum Gasteiger partial charge on any atom is 1.00 e. The smallest absolute Gasteiger partial charge is 0.235 e. The Morgan fingerprint density at radius 3 is 2.42 bits per heavy atom. The Morgan fingerprint density at radius 2 is 2.08 bits per heavy atom. The van der Waals surface area contributed by atoms with E-state index in [1.54, 1.807) is 12.1 Å². The van der Waals surface area contributed by atoms with E-state index in [0.29, 0.717) is 0 Å². The number of hydrogen-bond donors (Lipinski definition) is 0. The second-order valence-corrected chi connectivity index (χ2v) is 1.51. The molecule has 0 amide bonds. The standard InChI is InChI=1S/C7H3FN.C2H6.K/c8-7-4-2-1-3-6(7)5-9;1-2;/h1-3H;1-2H3;/q-1;;+1. The van der Waals surface area contributed by atoms with Crippen molar-refractivity contribution in [3.63, 3.8) is 0 Å². The van der Waals surface area contributed by atoms with E-state index in [1.165, 1.54) is 12.1 Å². The van der Waals surface area contributed by atoms with Crippen molar-refractivity contribution < 1.29 is 55.8 Å². The van der Waals surface area contributed by atoms with Gasteiger partial charge in [0.2, 0.25) is 0 Å². The van der Waals surface area contributed by atoms with Crippen molar-refractivity contribution in [1.82, 2.24) is 0 Å². The van der Waals surface area contributed by atoms with Crippen LogP contribution in [-0.4, -0.2) is 0 Å². The van der Waals surface area contributed by atoms with Gasteiger partial charge in [-0.15, -0.1) is 6.07 Å². The van der Waals surface area contributed by atoms with E-state index in [-0.39, 0.29) is 56.9 Å². The molecular formula is C9H9FKN. The molecule has 0 aliphatic rings. The topological polar surface area (TPSA) is 23.8 Å². The fraction of sp³-hybridized carbons (Fsp3) is 0.222. The Morgan fingerprint density at radius 1 is 1.50 bits per heavy atom. The van der Waals surface area contributed by atoms with Gasteiger partial charge in [0.25, 0.3) is 0 Å². The summed E-state index contributed by atoms with van der Waals surface area (Å²) in [6, 6.07) is 8.36. The van der Waals surface area contributed by atoms with E-state index < -0.39 is 5.82 Å². The van der Waals surface area contributed by atoms with Gasteiger partial charge < -0.3 is 0 Å². The third-order valence-corrected chi connectivity index (χ3v) is 0.926. The minimum absolute atomic E-state index is 0. The summed E-state index contributed by atoms with van der Waals surface area (Å²) >= 11 is 0. The Balaban J connectivity index is 0. The van der Waals surface area contributed by atoms with E-state index in [1.807, 2.05) is 13.8 Å². The van der Waals surface area contributed by atoms with Crippen molar-refractivity contribution in [3.8, 4) is 6.07 Å².